The predicted molar refractivity (Wildman–Crippen MR) is 90.2 cm³/mol. The summed E-state index contributed by atoms with van der Waals surface area (Å²) in [5.74, 6) is -0.178. The molecule has 1 aliphatic heterocycles. The highest BCUT2D eigenvalue weighted by Gasteiger charge is 2.26. The number of carbonyl (C=O) groups excluding carboxylic acids is 1. The van der Waals surface area contributed by atoms with Crippen LogP contribution in [0.5, 0.6) is 0 Å². The molecule has 0 saturated heterocycles. The minimum atomic E-state index is -0.178. The van der Waals surface area contributed by atoms with Gasteiger partial charge in [-0.05, 0) is 24.7 Å². The van der Waals surface area contributed by atoms with E-state index in [4.69, 9.17) is 0 Å². The first kappa shape index (κ1) is 15.2. The highest BCUT2D eigenvalue weighted by Crippen LogP contribution is 2.17. The van der Waals surface area contributed by atoms with Crippen molar-refractivity contribution in [2.24, 2.45) is 5.10 Å². The number of hydrogen-bond donors (Lipinski definition) is 1. The standard InChI is InChI=1S/C17H19N5O/c1-20(13-15-8-4-2-5-9-15)14-21-19-18-12-17(23)22(21)16-10-6-3-7-11-16/h2-12,19H,13-14H2,1H3. The fourth-order valence-electron chi connectivity index (χ4n) is 2.47. The molecule has 1 N–H and O–H groups in total. The van der Waals surface area contributed by atoms with Gasteiger partial charge in [-0.15, -0.1) is 0 Å². The Kier molecular flexibility index (Phi) is 4.65. The number of benzene rings is 2. The van der Waals surface area contributed by atoms with Crippen LogP contribution in [-0.4, -0.2) is 35.9 Å². The van der Waals surface area contributed by atoms with Gasteiger partial charge in [0.05, 0.1) is 12.4 Å². The van der Waals surface area contributed by atoms with Crippen LogP contribution < -0.4 is 10.5 Å². The van der Waals surface area contributed by atoms with Crippen molar-refractivity contribution in [3.05, 3.63) is 66.2 Å². The van der Waals surface area contributed by atoms with Gasteiger partial charge in [0.25, 0.3) is 5.91 Å². The van der Waals surface area contributed by atoms with E-state index in [-0.39, 0.29) is 5.91 Å². The highest BCUT2D eigenvalue weighted by molar-refractivity contribution is 6.32. The maximum Gasteiger partial charge on any atom is 0.287 e. The Balaban J connectivity index is 1.72. The lowest BCUT2D eigenvalue weighted by Crippen LogP contribution is -2.58. The van der Waals surface area contributed by atoms with Gasteiger partial charge in [0.2, 0.25) is 0 Å². The van der Waals surface area contributed by atoms with Crippen LogP contribution in [-0.2, 0) is 11.3 Å². The highest BCUT2D eigenvalue weighted by atomic mass is 16.2. The summed E-state index contributed by atoms with van der Waals surface area (Å²) >= 11 is 0. The second-order valence-electron chi connectivity index (χ2n) is 5.38. The summed E-state index contributed by atoms with van der Waals surface area (Å²) in [4.78, 5) is 14.3. The van der Waals surface area contributed by atoms with Gasteiger partial charge in [0, 0.05) is 6.54 Å². The van der Waals surface area contributed by atoms with Crippen molar-refractivity contribution in [1.29, 1.82) is 0 Å². The summed E-state index contributed by atoms with van der Waals surface area (Å²) in [5, 5.41) is 7.18. The molecule has 23 heavy (non-hydrogen) atoms. The molecule has 0 aromatic heterocycles. The number of nitrogens with zero attached hydrogens (tertiary/aromatic N) is 4. The Labute approximate surface area is 135 Å². The van der Waals surface area contributed by atoms with Crippen LogP contribution in [0, 0.1) is 0 Å². The number of nitrogens with one attached hydrogen (secondary N) is 1. The molecule has 0 spiro atoms. The quantitative estimate of drug-likeness (QED) is 0.915. The molecule has 6 nitrogen and oxygen atoms in total. The largest absolute Gasteiger partial charge is 0.287 e. The van der Waals surface area contributed by atoms with Gasteiger partial charge in [-0.1, -0.05) is 53.6 Å². The van der Waals surface area contributed by atoms with Crippen LogP contribution in [0.4, 0.5) is 5.69 Å². The van der Waals surface area contributed by atoms with Gasteiger partial charge in [-0.25, -0.2) is 10.5 Å². The molecule has 0 atom stereocenters. The van der Waals surface area contributed by atoms with Crippen LogP contribution in [0.15, 0.2) is 65.8 Å². The minimum Gasteiger partial charge on any atom is -0.286 e. The van der Waals surface area contributed by atoms with Crippen LogP contribution in [0.1, 0.15) is 5.56 Å². The van der Waals surface area contributed by atoms with Crippen molar-refractivity contribution in [3.63, 3.8) is 0 Å². The van der Waals surface area contributed by atoms with E-state index >= 15 is 0 Å². The Bertz CT molecular complexity index is 674. The van der Waals surface area contributed by atoms with E-state index in [1.165, 1.54) is 11.8 Å². The Morgan fingerprint density at radius 2 is 1.70 bits per heavy atom. The van der Waals surface area contributed by atoms with E-state index in [1.807, 2.05) is 55.6 Å². The number of anilines is 1. The van der Waals surface area contributed by atoms with Gasteiger partial charge in [0.15, 0.2) is 0 Å². The molecular weight excluding hydrogens is 290 g/mol. The van der Waals surface area contributed by atoms with Crippen molar-refractivity contribution in [2.75, 3.05) is 18.7 Å². The fraction of sp³-hybridized carbons (Fsp3) is 0.176. The molecule has 2 aromatic rings. The third kappa shape index (κ3) is 3.74. The summed E-state index contributed by atoms with van der Waals surface area (Å²) in [6.45, 7) is 1.28. The number of carbonyl (C=O) groups is 1. The molecule has 3 rings (SSSR count). The summed E-state index contributed by atoms with van der Waals surface area (Å²) in [6.07, 6.45) is 1.28. The van der Waals surface area contributed by atoms with Gasteiger partial charge >= 0.3 is 0 Å². The number of hydrazine groups is 2. The molecule has 1 amide bonds. The summed E-state index contributed by atoms with van der Waals surface area (Å²) in [6, 6.07) is 19.7. The number of rotatable bonds is 5. The first-order chi connectivity index (χ1) is 11.2. The van der Waals surface area contributed by atoms with Gasteiger partial charge < -0.3 is 0 Å². The number of hydrazone groups is 1. The lowest BCUT2D eigenvalue weighted by molar-refractivity contribution is -0.117. The molecule has 2 aromatic carbocycles. The van der Waals surface area contributed by atoms with Crippen molar-refractivity contribution < 1.29 is 4.79 Å². The number of hydrogen-bond acceptors (Lipinski definition) is 5. The van der Waals surface area contributed by atoms with E-state index in [2.05, 4.69) is 27.7 Å². The Hall–Kier alpha value is -2.70. The maximum atomic E-state index is 12.2. The second kappa shape index (κ2) is 7.04. The topological polar surface area (TPSA) is 51.2 Å². The van der Waals surface area contributed by atoms with Crippen molar-refractivity contribution in [3.8, 4) is 0 Å². The zero-order valence-electron chi connectivity index (χ0n) is 13.0. The lowest BCUT2D eigenvalue weighted by atomic mass is 10.2. The third-order valence-corrected chi connectivity index (χ3v) is 3.47. The zero-order valence-corrected chi connectivity index (χ0v) is 13.0. The van der Waals surface area contributed by atoms with E-state index in [9.17, 15) is 4.79 Å². The molecule has 118 valence electrons. The van der Waals surface area contributed by atoms with Crippen molar-refractivity contribution >= 4 is 17.8 Å². The van der Waals surface area contributed by atoms with Gasteiger partial charge in [0.1, 0.15) is 6.21 Å². The molecule has 1 aliphatic rings. The maximum absolute atomic E-state index is 12.2. The monoisotopic (exact) mass is 309 g/mol. The Morgan fingerprint density at radius 1 is 1.04 bits per heavy atom. The Morgan fingerprint density at radius 3 is 2.39 bits per heavy atom. The van der Waals surface area contributed by atoms with Crippen molar-refractivity contribution in [1.82, 2.24) is 15.6 Å². The lowest BCUT2D eigenvalue weighted by Gasteiger charge is -2.37. The molecule has 6 heteroatoms. The fourth-order valence-corrected chi connectivity index (χ4v) is 2.47. The molecule has 0 unspecified atom stereocenters. The van der Waals surface area contributed by atoms with Crippen LogP contribution >= 0.6 is 0 Å². The van der Waals surface area contributed by atoms with Crippen LogP contribution in [0.3, 0.4) is 0 Å². The molecule has 0 aliphatic carbocycles. The third-order valence-electron chi connectivity index (χ3n) is 3.47. The first-order valence-corrected chi connectivity index (χ1v) is 7.42. The molecule has 1 heterocycles. The van der Waals surface area contributed by atoms with Crippen molar-refractivity contribution in [2.45, 2.75) is 6.54 Å². The second-order valence-corrected chi connectivity index (χ2v) is 5.38. The van der Waals surface area contributed by atoms with E-state index < -0.39 is 0 Å². The zero-order chi connectivity index (χ0) is 16.1. The summed E-state index contributed by atoms with van der Waals surface area (Å²) in [7, 11) is 2.00. The average Bonchev–Trinajstić information content (AvgIpc) is 2.56. The molecule has 0 saturated carbocycles. The van der Waals surface area contributed by atoms with E-state index in [0.29, 0.717) is 6.67 Å². The average molecular weight is 309 g/mol. The number of amides is 1. The van der Waals surface area contributed by atoms with E-state index in [0.717, 1.165) is 12.2 Å². The minimum absolute atomic E-state index is 0.178. The molecular formula is C17H19N5O. The normalized spacial score (nSPS) is 15.0. The summed E-state index contributed by atoms with van der Waals surface area (Å²) < 4.78 is 0. The van der Waals surface area contributed by atoms with Gasteiger partial charge in [-0.3, -0.25) is 9.69 Å². The number of para-hydroxylation sites is 1. The van der Waals surface area contributed by atoms with Crippen LogP contribution in [0.2, 0.25) is 0 Å². The molecule has 0 fully saturated rings. The molecule has 0 bridgehead atoms. The predicted octanol–water partition coefficient (Wildman–Crippen LogP) is 1.83. The van der Waals surface area contributed by atoms with E-state index in [1.54, 1.807) is 10.1 Å². The SMILES string of the molecule is CN(Cc1ccccc1)CN1NN=CC(=O)N1c1ccccc1. The van der Waals surface area contributed by atoms with Crippen LogP contribution in [0.25, 0.3) is 0 Å². The molecule has 0 radical (unpaired) electrons. The first-order valence-electron chi connectivity index (χ1n) is 7.42. The smallest absolute Gasteiger partial charge is 0.286 e. The van der Waals surface area contributed by atoms with Gasteiger partial charge in [-0.2, -0.15) is 5.10 Å². The summed E-state index contributed by atoms with van der Waals surface area (Å²) in [5.41, 5.74) is 4.89.